The van der Waals surface area contributed by atoms with E-state index in [0.29, 0.717) is 12.0 Å². The van der Waals surface area contributed by atoms with E-state index < -0.39 is 6.10 Å². The normalized spacial score (nSPS) is 25.4. The van der Waals surface area contributed by atoms with Gasteiger partial charge in [-0.3, -0.25) is 0 Å². The molecule has 1 aliphatic carbocycles. The van der Waals surface area contributed by atoms with E-state index in [2.05, 4.69) is 31.3 Å². The minimum atomic E-state index is -0.422. The van der Waals surface area contributed by atoms with Crippen molar-refractivity contribution in [2.24, 2.45) is 5.92 Å². The van der Waals surface area contributed by atoms with Crippen molar-refractivity contribution in [2.75, 3.05) is 0 Å². The van der Waals surface area contributed by atoms with Crippen molar-refractivity contribution in [3.63, 3.8) is 0 Å². The first-order valence-corrected chi connectivity index (χ1v) is 7.86. The second kappa shape index (κ2) is 7.61. The van der Waals surface area contributed by atoms with Crippen LogP contribution in [0.3, 0.4) is 0 Å². The van der Waals surface area contributed by atoms with Gasteiger partial charge in [0.2, 0.25) is 0 Å². The molecule has 2 N–H and O–H groups in total. The maximum absolute atomic E-state index is 10.6. The summed E-state index contributed by atoms with van der Waals surface area (Å²) in [6, 6.07) is 10.6. The number of aliphatic hydroxyl groups is 1. The van der Waals surface area contributed by atoms with Gasteiger partial charge in [0.15, 0.2) is 0 Å². The Morgan fingerprint density at radius 1 is 1.20 bits per heavy atom. The quantitative estimate of drug-likeness (QED) is 0.772. The van der Waals surface area contributed by atoms with Crippen molar-refractivity contribution in [3.8, 4) is 0 Å². The Morgan fingerprint density at radius 2 is 1.90 bits per heavy atom. The minimum absolute atomic E-state index is 0.140. The lowest BCUT2D eigenvalue weighted by Crippen LogP contribution is -2.45. The van der Waals surface area contributed by atoms with Gasteiger partial charge < -0.3 is 10.4 Å². The van der Waals surface area contributed by atoms with Gasteiger partial charge in [0.25, 0.3) is 0 Å². The largest absolute Gasteiger partial charge is 0.387 e. The van der Waals surface area contributed by atoms with Crippen LogP contribution in [-0.2, 0) is 0 Å². The molecule has 0 amide bonds. The fraction of sp³-hybridized carbons (Fsp3) is 0.556. The van der Waals surface area contributed by atoms with Crippen molar-refractivity contribution >= 4 is 0 Å². The Morgan fingerprint density at radius 3 is 2.55 bits per heavy atom. The Labute approximate surface area is 122 Å². The first-order valence-electron chi connectivity index (χ1n) is 7.86. The molecule has 0 bridgehead atoms. The number of benzene rings is 1. The maximum atomic E-state index is 10.6. The van der Waals surface area contributed by atoms with Crippen molar-refractivity contribution in [3.05, 3.63) is 48.0 Å². The smallest absolute Gasteiger partial charge is 0.0943 e. The average Bonchev–Trinajstić information content (AvgIpc) is 2.49. The summed E-state index contributed by atoms with van der Waals surface area (Å²) in [5, 5.41) is 14.4. The average molecular weight is 273 g/mol. The van der Waals surface area contributed by atoms with Gasteiger partial charge in [0.1, 0.15) is 0 Å². The van der Waals surface area contributed by atoms with Crippen LogP contribution in [0.1, 0.15) is 51.2 Å². The molecule has 0 radical (unpaired) electrons. The molecular formula is C18H27NO. The zero-order valence-corrected chi connectivity index (χ0v) is 12.6. The molecule has 0 fully saturated rings. The molecule has 1 aliphatic rings. The molecular weight excluding hydrogens is 246 g/mol. The molecule has 2 rings (SSSR count). The van der Waals surface area contributed by atoms with Crippen LogP contribution in [0.15, 0.2) is 42.5 Å². The molecule has 2 heteroatoms. The number of hydrogen-bond acceptors (Lipinski definition) is 2. The van der Waals surface area contributed by atoms with E-state index >= 15 is 0 Å². The number of nitrogens with one attached hydrogen (secondary N) is 1. The number of aliphatic hydroxyl groups excluding tert-OH is 1. The summed E-state index contributed by atoms with van der Waals surface area (Å²) in [5.41, 5.74) is 1.01. The third-order valence-corrected chi connectivity index (χ3v) is 4.30. The molecule has 2 nitrogen and oxygen atoms in total. The fourth-order valence-electron chi connectivity index (χ4n) is 2.98. The first kappa shape index (κ1) is 15.3. The molecule has 0 aromatic heterocycles. The summed E-state index contributed by atoms with van der Waals surface area (Å²) in [5.74, 6) is 0.641. The zero-order chi connectivity index (χ0) is 14.4. The molecule has 0 spiro atoms. The summed E-state index contributed by atoms with van der Waals surface area (Å²) < 4.78 is 0. The van der Waals surface area contributed by atoms with E-state index in [1.807, 2.05) is 30.3 Å². The SMILES string of the molecule is CCC[C@@H](NC1CC=CC[C@@H]1C)[C@H](O)c1ccccc1. The van der Waals surface area contributed by atoms with Gasteiger partial charge in [-0.05, 0) is 30.7 Å². The zero-order valence-electron chi connectivity index (χ0n) is 12.6. The van der Waals surface area contributed by atoms with Gasteiger partial charge in [-0.2, -0.15) is 0 Å². The van der Waals surface area contributed by atoms with Gasteiger partial charge in [-0.25, -0.2) is 0 Å². The van der Waals surface area contributed by atoms with Crippen molar-refractivity contribution in [1.29, 1.82) is 0 Å². The van der Waals surface area contributed by atoms with E-state index in [4.69, 9.17) is 0 Å². The predicted octanol–water partition coefficient (Wildman–Crippen LogP) is 3.83. The highest BCUT2D eigenvalue weighted by atomic mass is 16.3. The van der Waals surface area contributed by atoms with Crippen LogP contribution >= 0.6 is 0 Å². The van der Waals surface area contributed by atoms with Crippen LogP contribution < -0.4 is 5.32 Å². The van der Waals surface area contributed by atoms with E-state index in [9.17, 15) is 5.11 Å². The third-order valence-electron chi connectivity index (χ3n) is 4.30. The molecule has 1 aromatic rings. The molecule has 1 aromatic carbocycles. The van der Waals surface area contributed by atoms with E-state index in [0.717, 1.165) is 31.2 Å². The van der Waals surface area contributed by atoms with Crippen molar-refractivity contribution < 1.29 is 5.11 Å². The highest BCUT2D eigenvalue weighted by Crippen LogP contribution is 2.24. The third kappa shape index (κ3) is 3.94. The van der Waals surface area contributed by atoms with E-state index in [1.165, 1.54) is 0 Å². The summed E-state index contributed by atoms with van der Waals surface area (Å²) in [4.78, 5) is 0. The first-order chi connectivity index (χ1) is 9.72. The lowest BCUT2D eigenvalue weighted by Gasteiger charge is -2.33. The van der Waals surface area contributed by atoms with Gasteiger partial charge in [-0.1, -0.05) is 62.8 Å². The second-order valence-corrected chi connectivity index (χ2v) is 5.94. The highest BCUT2D eigenvalue weighted by Gasteiger charge is 2.26. The lowest BCUT2D eigenvalue weighted by atomic mass is 9.88. The van der Waals surface area contributed by atoms with Crippen molar-refractivity contribution in [2.45, 2.75) is 57.7 Å². The Hall–Kier alpha value is -1.12. The van der Waals surface area contributed by atoms with Crippen LogP contribution in [0.25, 0.3) is 0 Å². The van der Waals surface area contributed by atoms with Gasteiger partial charge in [0.05, 0.1) is 6.10 Å². The van der Waals surface area contributed by atoms with Crippen LogP contribution in [0.4, 0.5) is 0 Å². The molecule has 0 heterocycles. The standard InChI is InChI=1S/C18H27NO/c1-3-9-17(18(20)15-11-5-4-6-12-15)19-16-13-8-7-10-14(16)2/h4-8,11-12,14,16-20H,3,9-10,13H2,1-2H3/t14-,16?,17+,18+/m0/s1. The number of hydrogen-bond donors (Lipinski definition) is 2. The summed E-state index contributed by atoms with van der Waals surface area (Å²) >= 11 is 0. The van der Waals surface area contributed by atoms with Crippen LogP contribution in [-0.4, -0.2) is 17.2 Å². The van der Waals surface area contributed by atoms with Gasteiger partial charge in [0, 0.05) is 12.1 Å². The van der Waals surface area contributed by atoms with Crippen LogP contribution in [0.2, 0.25) is 0 Å². The monoisotopic (exact) mass is 273 g/mol. The molecule has 20 heavy (non-hydrogen) atoms. The summed E-state index contributed by atoms with van der Waals surface area (Å²) in [7, 11) is 0. The Bertz CT molecular complexity index is 415. The minimum Gasteiger partial charge on any atom is -0.387 e. The molecule has 0 aliphatic heterocycles. The Balaban J connectivity index is 2.04. The second-order valence-electron chi connectivity index (χ2n) is 5.94. The van der Waals surface area contributed by atoms with Crippen LogP contribution in [0.5, 0.6) is 0 Å². The lowest BCUT2D eigenvalue weighted by molar-refractivity contribution is 0.110. The summed E-state index contributed by atoms with van der Waals surface area (Å²) in [6.07, 6.45) is 8.40. The number of rotatable bonds is 6. The number of allylic oxidation sites excluding steroid dienone is 1. The Kier molecular flexibility index (Phi) is 5.81. The van der Waals surface area contributed by atoms with Gasteiger partial charge in [-0.15, -0.1) is 0 Å². The van der Waals surface area contributed by atoms with Crippen LogP contribution in [0, 0.1) is 5.92 Å². The van der Waals surface area contributed by atoms with E-state index in [1.54, 1.807) is 0 Å². The van der Waals surface area contributed by atoms with Crippen molar-refractivity contribution in [1.82, 2.24) is 5.32 Å². The molecule has 0 saturated carbocycles. The van der Waals surface area contributed by atoms with E-state index in [-0.39, 0.29) is 6.04 Å². The van der Waals surface area contributed by atoms with Gasteiger partial charge >= 0.3 is 0 Å². The molecule has 110 valence electrons. The molecule has 0 saturated heterocycles. The summed E-state index contributed by atoms with van der Waals surface area (Å²) in [6.45, 7) is 4.47. The predicted molar refractivity (Wildman–Crippen MR) is 84.6 cm³/mol. The topological polar surface area (TPSA) is 32.3 Å². The molecule has 4 atom stereocenters. The fourth-order valence-corrected chi connectivity index (χ4v) is 2.98. The maximum Gasteiger partial charge on any atom is 0.0943 e. The molecule has 1 unspecified atom stereocenters. The highest BCUT2D eigenvalue weighted by molar-refractivity contribution is 5.19.